The predicted molar refractivity (Wildman–Crippen MR) is 89.6 cm³/mol. The molecule has 116 valence electrons. The molecule has 0 N–H and O–H groups in total. The van der Waals surface area contributed by atoms with Crippen LogP contribution in [0.4, 0.5) is 4.39 Å². The Kier molecular flexibility index (Phi) is 2.70. The highest BCUT2D eigenvalue weighted by molar-refractivity contribution is 5.87. The van der Waals surface area contributed by atoms with Crippen molar-refractivity contribution in [2.75, 3.05) is 0 Å². The number of oxazole rings is 1. The maximum Gasteiger partial charge on any atom is 0.306 e. The van der Waals surface area contributed by atoms with Crippen LogP contribution in [0.2, 0.25) is 0 Å². The predicted octanol–water partition coefficient (Wildman–Crippen LogP) is 4.33. The first-order chi connectivity index (χ1) is 11.8. The van der Waals surface area contributed by atoms with Crippen LogP contribution >= 0.6 is 0 Å². The number of fused-ring (bicyclic) bond motifs is 2. The molecule has 3 heterocycles. The first-order valence-corrected chi connectivity index (χ1v) is 7.64. The lowest BCUT2D eigenvalue weighted by molar-refractivity contribution is 0.596. The molecule has 0 fully saturated rings. The summed E-state index contributed by atoms with van der Waals surface area (Å²) in [5, 5.41) is 0. The van der Waals surface area contributed by atoms with E-state index >= 15 is 0 Å². The fourth-order valence-corrected chi connectivity index (χ4v) is 3.13. The maximum atomic E-state index is 13.3. The van der Waals surface area contributed by atoms with Gasteiger partial charge in [0.2, 0.25) is 0 Å². The Hall–Kier alpha value is -3.21. The largest absolute Gasteiger partial charge is 0.432 e. The second-order valence-electron chi connectivity index (χ2n) is 5.75. The number of rotatable bonds is 2. The maximum absolute atomic E-state index is 13.3. The van der Waals surface area contributed by atoms with Gasteiger partial charge in [-0.2, -0.15) is 4.98 Å². The van der Waals surface area contributed by atoms with Gasteiger partial charge >= 0.3 is 5.84 Å². The van der Waals surface area contributed by atoms with Crippen molar-refractivity contribution in [1.29, 1.82) is 0 Å². The molecule has 0 spiro atoms. The Bertz CT molecular complexity index is 1090. The molecule has 5 rings (SSSR count). The molecule has 0 amide bonds. The highest BCUT2D eigenvalue weighted by Crippen LogP contribution is 2.34. The van der Waals surface area contributed by atoms with Crippen molar-refractivity contribution in [1.82, 2.24) is 9.38 Å². The van der Waals surface area contributed by atoms with Gasteiger partial charge in [0.1, 0.15) is 17.8 Å². The molecule has 24 heavy (non-hydrogen) atoms. The van der Waals surface area contributed by atoms with Gasteiger partial charge in [-0.25, -0.2) is 4.39 Å². The van der Waals surface area contributed by atoms with Gasteiger partial charge in [0, 0.05) is 23.5 Å². The van der Waals surface area contributed by atoms with E-state index < -0.39 is 0 Å². The fraction of sp³-hybridized carbons (Fsp3) is 0.0526. The van der Waals surface area contributed by atoms with Gasteiger partial charge in [-0.05, 0) is 41.5 Å². The normalized spacial score (nSPS) is 12.9. The van der Waals surface area contributed by atoms with Crippen molar-refractivity contribution < 1.29 is 8.81 Å². The molecule has 4 nitrogen and oxygen atoms in total. The molecule has 0 aliphatic carbocycles. The summed E-state index contributed by atoms with van der Waals surface area (Å²) < 4.78 is 20.6. The van der Waals surface area contributed by atoms with Gasteiger partial charge in [0.15, 0.2) is 0 Å². The van der Waals surface area contributed by atoms with Crippen LogP contribution in [0.25, 0.3) is 28.4 Å². The topological polar surface area (TPSA) is 42.8 Å². The summed E-state index contributed by atoms with van der Waals surface area (Å²) in [6, 6.07) is 12.6. The summed E-state index contributed by atoms with van der Waals surface area (Å²) in [6.07, 6.45) is 5.34. The van der Waals surface area contributed by atoms with E-state index in [1.54, 1.807) is 18.4 Å². The zero-order valence-electron chi connectivity index (χ0n) is 12.6. The summed E-state index contributed by atoms with van der Waals surface area (Å²) in [6.45, 7) is 0.697. The molecular formula is C19H12FN3O. The monoisotopic (exact) mass is 317 g/mol. The van der Waals surface area contributed by atoms with Crippen molar-refractivity contribution in [3.63, 3.8) is 0 Å². The Balaban J connectivity index is 1.76. The number of hydrogen-bond acceptors (Lipinski definition) is 3. The van der Waals surface area contributed by atoms with Crippen molar-refractivity contribution in [3.05, 3.63) is 71.9 Å². The molecular weight excluding hydrogens is 305 g/mol. The van der Waals surface area contributed by atoms with E-state index in [1.807, 2.05) is 16.8 Å². The van der Waals surface area contributed by atoms with Gasteiger partial charge in [-0.1, -0.05) is 12.1 Å². The minimum absolute atomic E-state index is 0.266. The lowest BCUT2D eigenvalue weighted by Crippen LogP contribution is -1.91. The second-order valence-corrected chi connectivity index (χ2v) is 5.75. The Labute approximate surface area is 136 Å². The van der Waals surface area contributed by atoms with E-state index in [-0.39, 0.29) is 5.82 Å². The highest BCUT2D eigenvalue weighted by Gasteiger charge is 2.19. The van der Waals surface area contributed by atoms with E-state index in [0.29, 0.717) is 12.4 Å². The second kappa shape index (κ2) is 4.89. The van der Waals surface area contributed by atoms with Crippen molar-refractivity contribution in [2.45, 2.75) is 6.54 Å². The van der Waals surface area contributed by atoms with Gasteiger partial charge in [0.25, 0.3) is 0 Å². The zero-order valence-corrected chi connectivity index (χ0v) is 12.6. The van der Waals surface area contributed by atoms with Crippen molar-refractivity contribution >= 4 is 12.1 Å². The molecule has 0 saturated carbocycles. The molecule has 0 unspecified atom stereocenters. The Morgan fingerprint density at radius 2 is 1.88 bits per heavy atom. The molecule has 2 aromatic heterocycles. The molecule has 4 aromatic rings. The standard InChI is InChI=1S/C19H12FN3O/c20-16-5-3-12(4-6-16)17-18(23-7-8-24-19(23)22-17)13-1-2-14-10-21-11-15(14)9-13/h1-10H,11H2. The lowest BCUT2D eigenvalue weighted by atomic mass is 10.0. The number of imidazole rings is 1. The highest BCUT2D eigenvalue weighted by atomic mass is 19.1. The van der Waals surface area contributed by atoms with Crippen LogP contribution in [0.5, 0.6) is 0 Å². The smallest absolute Gasteiger partial charge is 0.306 e. The molecule has 0 radical (unpaired) electrons. The van der Waals surface area contributed by atoms with Gasteiger partial charge in [-0.3, -0.25) is 9.39 Å². The number of aromatic nitrogens is 2. The Morgan fingerprint density at radius 3 is 2.75 bits per heavy atom. The van der Waals surface area contributed by atoms with Gasteiger partial charge in [0.05, 0.1) is 12.2 Å². The van der Waals surface area contributed by atoms with E-state index in [4.69, 9.17) is 4.42 Å². The van der Waals surface area contributed by atoms with Crippen LogP contribution in [0.1, 0.15) is 11.1 Å². The summed E-state index contributed by atoms with van der Waals surface area (Å²) in [4.78, 5) is 8.89. The summed E-state index contributed by atoms with van der Waals surface area (Å²) in [5.74, 6) is 0.249. The van der Waals surface area contributed by atoms with Crippen LogP contribution in [0.15, 0.2) is 64.3 Å². The third-order valence-corrected chi connectivity index (χ3v) is 4.29. The van der Waals surface area contributed by atoms with Crippen LogP contribution in [0.3, 0.4) is 0 Å². The fourth-order valence-electron chi connectivity index (χ4n) is 3.13. The zero-order chi connectivity index (χ0) is 16.1. The quantitative estimate of drug-likeness (QED) is 0.552. The third kappa shape index (κ3) is 1.91. The average molecular weight is 317 g/mol. The van der Waals surface area contributed by atoms with Crippen molar-refractivity contribution in [3.8, 4) is 22.5 Å². The number of halogens is 1. The molecule has 0 atom stereocenters. The lowest BCUT2D eigenvalue weighted by Gasteiger charge is -2.07. The van der Waals surface area contributed by atoms with Crippen LogP contribution < -0.4 is 0 Å². The Morgan fingerprint density at radius 1 is 1.04 bits per heavy atom. The molecule has 0 bridgehead atoms. The van der Waals surface area contributed by atoms with Gasteiger partial charge < -0.3 is 4.42 Å². The van der Waals surface area contributed by atoms with E-state index in [1.165, 1.54) is 17.7 Å². The molecule has 2 aromatic carbocycles. The summed E-state index contributed by atoms with van der Waals surface area (Å²) >= 11 is 0. The third-order valence-electron chi connectivity index (χ3n) is 4.29. The van der Waals surface area contributed by atoms with Crippen molar-refractivity contribution in [2.24, 2.45) is 4.99 Å². The number of hydrogen-bond donors (Lipinski definition) is 0. The first kappa shape index (κ1) is 13.2. The van der Waals surface area contributed by atoms with E-state index in [0.717, 1.165) is 28.1 Å². The summed E-state index contributed by atoms with van der Waals surface area (Å²) in [5.41, 5.74) is 5.92. The number of benzene rings is 2. The van der Waals surface area contributed by atoms with E-state index in [9.17, 15) is 4.39 Å². The first-order valence-electron chi connectivity index (χ1n) is 7.64. The summed E-state index contributed by atoms with van der Waals surface area (Å²) in [7, 11) is 0. The average Bonchev–Trinajstić information content (AvgIpc) is 3.29. The van der Waals surface area contributed by atoms with Crippen LogP contribution in [0, 0.1) is 5.82 Å². The van der Waals surface area contributed by atoms with E-state index in [2.05, 4.69) is 28.2 Å². The minimum Gasteiger partial charge on any atom is -0.432 e. The van der Waals surface area contributed by atoms with Crippen LogP contribution in [-0.4, -0.2) is 15.6 Å². The number of nitrogens with zero attached hydrogens (tertiary/aromatic N) is 3. The molecule has 1 aliphatic heterocycles. The molecule has 0 saturated heterocycles. The van der Waals surface area contributed by atoms with Crippen LogP contribution in [-0.2, 0) is 6.54 Å². The molecule has 1 aliphatic rings. The number of aliphatic imine (C=N–C) groups is 1. The van der Waals surface area contributed by atoms with Gasteiger partial charge in [-0.15, -0.1) is 0 Å². The molecule has 5 heteroatoms. The minimum atomic E-state index is -0.266. The SMILES string of the molecule is Fc1ccc(-c2nc3occn3c2-c2ccc3c(c2)CN=C3)cc1.